The molecule has 0 bridgehead atoms. The Labute approximate surface area is 175 Å². The van der Waals surface area contributed by atoms with Crippen molar-refractivity contribution in [1.29, 1.82) is 0 Å². The second kappa shape index (κ2) is 8.30. The summed E-state index contributed by atoms with van der Waals surface area (Å²) < 4.78 is 6.70. The van der Waals surface area contributed by atoms with Gasteiger partial charge in [0, 0.05) is 28.9 Å². The first-order chi connectivity index (χ1) is 14.5. The highest BCUT2D eigenvalue weighted by Gasteiger charge is 2.11. The van der Waals surface area contributed by atoms with Crippen molar-refractivity contribution in [2.75, 3.05) is 5.32 Å². The first-order valence-electron chi connectivity index (χ1n) is 9.10. The summed E-state index contributed by atoms with van der Waals surface area (Å²) in [7, 11) is 0. The molecule has 0 spiro atoms. The SMILES string of the molecule is Cc1cccc(C(=O)Nc2ccc(C(=O)OCc3cc(=O)n4ccsc4n3)cc2)c1. The number of aryl methyl sites for hydroxylation is 1. The molecule has 0 radical (unpaired) electrons. The average Bonchev–Trinajstić information content (AvgIpc) is 3.22. The van der Waals surface area contributed by atoms with Crippen molar-refractivity contribution < 1.29 is 14.3 Å². The highest BCUT2D eigenvalue weighted by molar-refractivity contribution is 7.15. The molecule has 1 amide bonds. The van der Waals surface area contributed by atoms with Crippen LogP contribution in [0, 0.1) is 6.92 Å². The summed E-state index contributed by atoms with van der Waals surface area (Å²) in [6.07, 6.45) is 1.64. The van der Waals surface area contributed by atoms with Crippen LogP contribution in [0.3, 0.4) is 0 Å². The van der Waals surface area contributed by atoms with E-state index in [2.05, 4.69) is 10.3 Å². The summed E-state index contributed by atoms with van der Waals surface area (Å²) in [5.74, 6) is -0.768. The van der Waals surface area contributed by atoms with Crippen LogP contribution >= 0.6 is 11.3 Å². The molecule has 1 N–H and O–H groups in total. The maximum absolute atomic E-state index is 12.3. The Balaban J connectivity index is 1.38. The Morgan fingerprint density at radius 1 is 1.10 bits per heavy atom. The zero-order chi connectivity index (χ0) is 21.1. The number of aromatic nitrogens is 2. The van der Waals surface area contributed by atoms with Crippen molar-refractivity contribution in [1.82, 2.24) is 9.38 Å². The highest BCUT2D eigenvalue weighted by Crippen LogP contribution is 2.14. The third-order valence-electron chi connectivity index (χ3n) is 4.37. The van der Waals surface area contributed by atoms with Crippen molar-refractivity contribution in [2.24, 2.45) is 0 Å². The molecule has 7 nitrogen and oxygen atoms in total. The van der Waals surface area contributed by atoms with Crippen LogP contribution in [0.4, 0.5) is 5.69 Å². The Morgan fingerprint density at radius 3 is 2.67 bits per heavy atom. The highest BCUT2D eigenvalue weighted by atomic mass is 32.1. The van der Waals surface area contributed by atoms with Gasteiger partial charge in [-0.3, -0.25) is 14.0 Å². The molecular formula is C22H17N3O4S. The first kappa shape index (κ1) is 19.5. The van der Waals surface area contributed by atoms with Crippen molar-refractivity contribution in [3.63, 3.8) is 0 Å². The number of rotatable bonds is 5. The van der Waals surface area contributed by atoms with Gasteiger partial charge in [-0.1, -0.05) is 17.7 Å². The Hall–Kier alpha value is -3.78. The largest absolute Gasteiger partial charge is 0.456 e. The molecule has 0 atom stereocenters. The predicted molar refractivity (Wildman–Crippen MR) is 114 cm³/mol. The molecule has 0 aliphatic carbocycles. The van der Waals surface area contributed by atoms with Gasteiger partial charge in [0.25, 0.3) is 11.5 Å². The average molecular weight is 419 g/mol. The molecule has 0 fully saturated rings. The number of nitrogens with one attached hydrogen (secondary N) is 1. The summed E-state index contributed by atoms with van der Waals surface area (Å²) in [6, 6.07) is 15.0. The normalized spacial score (nSPS) is 10.7. The van der Waals surface area contributed by atoms with Crippen molar-refractivity contribution in [2.45, 2.75) is 13.5 Å². The van der Waals surface area contributed by atoms with E-state index >= 15 is 0 Å². The summed E-state index contributed by atoms with van der Waals surface area (Å²) in [4.78, 5) is 41.4. The monoisotopic (exact) mass is 419 g/mol. The fraction of sp³-hybridized carbons (Fsp3) is 0.0909. The van der Waals surface area contributed by atoms with Crippen LogP contribution in [-0.2, 0) is 11.3 Å². The van der Waals surface area contributed by atoms with Crippen LogP contribution in [0.25, 0.3) is 4.96 Å². The molecule has 0 saturated carbocycles. The molecule has 2 heterocycles. The van der Waals surface area contributed by atoms with Crippen LogP contribution in [0.5, 0.6) is 0 Å². The molecule has 30 heavy (non-hydrogen) atoms. The Kier molecular flexibility index (Phi) is 5.40. The van der Waals surface area contributed by atoms with Gasteiger partial charge in [-0.15, -0.1) is 11.3 Å². The minimum atomic E-state index is -0.542. The van der Waals surface area contributed by atoms with Crippen LogP contribution in [-0.4, -0.2) is 21.3 Å². The lowest BCUT2D eigenvalue weighted by Gasteiger charge is -2.08. The van der Waals surface area contributed by atoms with E-state index in [1.807, 2.05) is 19.1 Å². The Morgan fingerprint density at radius 2 is 1.90 bits per heavy atom. The van der Waals surface area contributed by atoms with E-state index in [0.717, 1.165) is 5.56 Å². The number of benzene rings is 2. The molecule has 0 unspecified atom stereocenters. The minimum Gasteiger partial charge on any atom is -0.456 e. The van der Waals surface area contributed by atoms with E-state index in [9.17, 15) is 14.4 Å². The zero-order valence-electron chi connectivity index (χ0n) is 16.0. The third-order valence-corrected chi connectivity index (χ3v) is 5.12. The number of anilines is 1. The molecule has 150 valence electrons. The predicted octanol–water partition coefficient (Wildman–Crippen LogP) is 3.67. The number of carbonyl (C=O) groups is 2. The van der Waals surface area contributed by atoms with Gasteiger partial charge in [0.1, 0.15) is 6.61 Å². The molecule has 2 aromatic carbocycles. The van der Waals surface area contributed by atoms with Gasteiger partial charge in [0.15, 0.2) is 4.96 Å². The van der Waals surface area contributed by atoms with Crippen LogP contribution in [0.2, 0.25) is 0 Å². The van der Waals surface area contributed by atoms with Crippen molar-refractivity contribution in [3.8, 4) is 0 Å². The molecule has 4 aromatic rings. The smallest absolute Gasteiger partial charge is 0.338 e. The lowest BCUT2D eigenvalue weighted by Crippen LogP contribution is -2.15. The van der Waals surface area contributed by atoms with Gasteiger partial charge < -0.3 is 10.1 Å². The summed E-state index contributed by atoms with van der Waals surface area (Å²) >= 11 is 1.33. The topological polar surface area (TPSA) is 89.8 Å². The summed E-state index contributed by atoms with van der Waals surface area (Å²) in [6.45, 7) is 1.82. The van der Waals surface area contributed by atoms with Gasteiger partial charge in [0.05, 0.1) is 11.3 Å². The second-order valence-corrected chi connectivity index (χ2v) is 7.49. The summed E-state index contributed by atoms with van der Waals surface area (Å²) in [5.41, 5.74) is 2.62. The third kappa shape index (κ3) is 4.28. The molecule has 0 saturated heterocycles. The number of fused-ring (bicyclic) bond motifs is 1. The first-order valence-corrected chi connectivity index (χ1v) is 9.98. The number of ether oxygens (including phenoxy) is 1. The standard InChI is InChI=1S/C22H17N3O4S/c1-14-3-2-4-16(11-14)20(27)23-17-7-5-15(6-8-17)21(28)29-13-18-12-19(26)25-9-10-30-22(25)24-18/h2-12H,13H2,1H3,(H,23,27). The van der Waals surface area contributed by atoms with Crippen LogP contribution in [0.1, 0.15) is 32.0 Å². The van der Waals surface area contributed by atoms with E-state index in [1.54, 1.807) is 48.0 Å². The van der Waals surface area contributed by atoms with E-state index in [-0.39, 0.29) is 18.1 Å². The van der Waals surface area contributed by atoms with Crippen LogP contribution < -0.4 is 10.9 Å². The second-order valence-electron chi connectivity index (χ2n) is 6.62. The lowest BCUT2D eigenvalue weighted by atomic mass is 10.1. The number of amides is 1. The molecule has 4 rings (SSSR count). The fourth-order valence-corrected chi connectivity index (χ4v) is 3.60. The molecule has 0 aliphatic heterocycles. The van der Waals surface area contributed by atoms with Gasteiger partial charge in [-0.05, 0) is 43.3 Å². The van der Waals surface area contributed by atoms with E-state index in [0.29, 0.717) is 27.5 Å². The van der Waals surface area contributed by atoms with E-state index in [1.165, 1.54) is 21.8 Å². The Bertz CT molecular complexity index is 1290. The van der Waals surface area contributed by atoms with Crippen molar-refractivity contribution >= 4 is 33.9 Å². The maximum Gasteiger partial charge on any atom is 0.338 e. The molecule has 0 aliphatic rings. The zero-order valence-corrected chi connectivity index (χ0v) is 16.8. The van der Waals surface area contributed by atoms with E-state index in [4.69, 9.17) is 4.74 Å². The van der Waals surface area contributed by atoms with Crippen LogP contribution in [0.15, 0.2) is 71.0 Å². The maximum atomic E-state index is 12.3. The number of hydrogen-bond acceptors (Lipinski definition) is 6. The van der Waals surface area contributed by atoms with Gasteiger partial charge in [-0.2, -0.15) is 0 Å². The molecule has 2 aromatic heterocycles. The number of nitrogens with zero attached hydrogens (tertiary/aromatic N) is 2. The quantitative estimate of drug-likeness (QED) is 0.499. The molecule has 8 heteroatoms. The number of carbonyl (C=O) groups excluding carboxylic acids is 2. The number of hydrogen-bond donors (Lipinski definition) is 1. The number of thiazole rings is 1. The van der Waals surface area contributed by atoms with Gasteiger partial charge >= 0.3 is 5.97 Å². The number of esters is 1. The molecular weight excluding hydrogens is 402 g/mol. The van der Waals surface area contributed by atoms with E-state index < -0.39 is 5.97 Å². The van der Waals surface area contributed by atoms with Crippen molar-refractivity contribution in [3.05, 3.63) is 98.9 Å². The lowest BCUT2D eigenvalue weighted by molar-refractivity contribution is 0.0467. The van der Waals surface area contributed by atoms with Gasteiger partial charge in [-0.25, -0.2) is 9.78 Å². The van der Waals surface area contributed by atoms with Gasteiger partial charge in [0.2, 0.25) is 0 Å². The fourth-order valence-electron chi connectivity index (χ4n) is 2.86. The summed E-state index contributed by atoms with van der Waals surface area (Å²) in [5, 5.41) is 4.56. The minimum absolute atomic E-state index is 0.103.